The molecule has 1 aromatic heterocycles. The van der Waals surface area contributed by atoms with Gasteiger partial charge in [-0.1, -0.05) is 11.6 Å². The van der Waals surface area contributed by atoms with Crippen LogP contribution in [0.2, 0.25) is 5.02 Å². The van der Waals surface area contributed by atoms with Crippen molar-refractivity contribution in [3.63, 3.8) is 0 Å². The van der Waals surface area contributed by atoms with Crippen LogP contribution in [0.15, 0.2) is 12.4 Å². The zero-order chi connectivity index (χ0) is 9.14. The number of aryl methyl sites for hydroxylation is 1. The Hall–Kier alpha value is -0.930. The van der Waals surface area contributed by atoms with E-state index in [9.17, 15) is 4.79 Å². The molecule has 0 amide bonds. The second-order valence-electron chi connectivity index (χ2n) is 2.44. The molecule has 0 atom stereocenters. The Balaban J connectivity index is 3.21. The lowest BCUT2D eigenvalue weighted by Gasteiger charge is -2.03. The number of aromatic nitrogens is 1. The first-order valence-electron chi connectivity index (χ1n) is 3.50. The molecule has 0 radical (unpaired) electrons. The van der Waals surface area contributed by atoms with Crippen LogP contribution in [0.4, 0.5) is 0 Å². The van der Waals surface area contributed by atoms with Gasteiger partial charge in [0, 0.05) is 18.0 Å². The summed E-state index contributed by atoms with van der Waals surface area (Å²) in [5, 5.41) is 0.366. The van der Waals surface area contributed by atoms with Crippen molar-refractivity contribution in [2.75, 3.05) is 6.54 Å². The minimum Gasteiger partial charge on any atom is -0.324 e. The van der Waals surface area contributed by atoms with Crippen molar-refractivity contribution in [2.24, 2.45) is 5.73 Å². The molecular formula is C8H9ClN2O. The Labute approximate surface area is 75.6 Å². The number of nitrogens with two attached hydrogens (primary N) is 1. The highest BCUT2D eigenvalue weighted by Gasteiger charge is 2.11. The summed E-state index contributed by atoms with van der Waals surface area (Å²) in [6.07, 6.45) is 3.03. The van der Waals surface area contributed by atoms with Gasteiger partial charge in [0.1, 0.15) is 0 Å². The van der Waals surface area contributed by atoms with E-state index in [1.165, 1.54) is 6.20 Å². The van der Waals surface area contributed by atoms with Gasteiger partial charge in [-0.3, -0.25) is 9.78 Å². The molecule has 0 saturated heterocycles. The predicted octanol–water partition coefficient (Wildman–Crippen LogP) is 1.18. The number of hydrogen-bond donors (Lipinski definition) is 1. The lowest BCUT2D eigenvalue weighted by molar-refractivity contribution is 0.100. The van der Waals surface area contributed by atoms with Gasteiger partial charge in [-0.05, 0) is 12.5 Å². The molecule has 1 aromatic rings. The van der Waals surface area contributed by atoms with Crippen LogP contribution in [0.3, 0.4) is 0 Å². The molecule has 64 valence electrons. The summed E-state index contributed by atoms with van der Waals surface area (Å²) >= 11 is 5.76. The molecule has 0 saturated carbocycles. The molecule has 3 nitrogen and oxygen atoms in total. The number of carbonyl (C=O) groups excluding carboxylic acids is 1. The largest absolute Gasteiger partial charge is 0.324 e. The molecule has 0 unspecified atom stereocenters. The van der Waals surface area contributed by atoms with Crippen molar-refractivity contribution < 1.29 is 4.79 Å². The maximum Gasteiger partial charge on any atom is 0.178 e. The predicted molar refractivity (Wildman–Crippen MR) is 47.4 cm³/mol. The Kier molecular flexibility index (Phi) is 2.78. The lowest BCUT2D eigenvalue weighted by atomic mass is 10.1. The van der Waals surface area contributed by atoms with E-state index in [2.05, 4.69) is 4.98 Å². The molecule has 0 aromatic carbocycles. The molecule has 0 spiro atoms. The quantitative estimate of drug-likeness (QED) is 0.703. The second-order valence-corrected chi connectivity index (χ2v) is 2.85. The molecule has 1 heterocycles. The van der Waals surface area contributed by atoms with E-state index in [1.54, 1.807) is 13.1 Å². The number of rotatable bonds is 2. The average molecular weight is 185 g/mol. The molecule has 4 heteroatoms. The maximum absolute atomic E-state index is 11.2. The summed E-state index contributed by atoms with van der Waals surface area (Å²) < 4.78 is 0. The number of halogens is 1. The molecule has 0 bridgehead atoms. The van der Waals surface area contributed by atoms with Crippen LogP contribution in [-0.2, 0) is 0 Å². The summed E-state index contributed by atoms with van der Waals surface area (Å²) in [5.41, 5.74) is 6.46. The van der Waals surface area contributed by atoms with Gasteiger partial charge in [0.05, 0.1) is 11.6 Å². The molecule has 0 aliphatic rings. The first-order chi connectivity index (χ1) is 5.66. The number of Topliss-reactive ketones (excluding diaryl/α,β-unsaturated/α-hetero) is 1. The van der Waals surface area contributed by atoms with Crippen LogP contribution < -0.4 is 5.73 Å². The number of nitrogens with zero attached hydrogens (tertiary/aromatic N) is 1. The van der Waals surface area contributed by atoms with Gasteiger partial charge >= 0.3 is 0 Å². The van der Waals surface area contributed by atoms with E-state index in [1.807, 2.05) is 0 Å². The number of pyridine rings is 1. The fourth-order valence-corrected chi connectivity index (χ4v) is 1.30. The van der Waals surface area contributed by atoms with E-state index in [0.29, 0.717) is 10.6 Å². The van der Waals surface area contributed by atoms with Gasteiger partial charge in [-0.2, -0.15) is 0 Å². The summed E-state index contributed by atoms with van der Waals surface area (Å²) in [6.45, 7) is 1.76. The van der Waals surface area contributed by atoms with Crippen molar-refractivity contribution >= 4 is 17.4 Å². The van der Waals surface area contributed by atoms with Gasteiger partial charge in [0.25, 0.3) is 0 Å². The molecule has 0 aliphatic carbocycles. The summed E-state index contributed by atoms with van der Waals surface area (Å²) in [4.78, 5) is 15.1. The fourth-order valence-electron chi connectivity index (χ4n) is 0.987. The van der Waals surface area contributed by atoms with Gasteiger partial charge in [0.15, 0.2) is 5.78 Å². The highest BCUT2D eigenvalue weighted by atomic mass is 35.5. The standard InChI is InChI=1S/C8H9ClN2O/c1-5-3-11-4-6(9)8(5)7(12)2-10/h3-4H,2,10H2,1H3. The highest BCUT2D eigenvalue weighted by Crippen LogP contribution is 2.17. The van der Waals surface area contributed by atoms with Crippen molar-refractivity contribution in [1.82, 2.24) is 4.98 Å². The molecule has 0 fully saturated rings. The Morgan fingerprint density at radius 2 is 2.33 bits per heavy atom. The average Bonchev–Trinajstić information content (AvgIpc) is 2.03. The Bertz CT molecular complexity index is 292. The van der Waals surface area contributed by atoms with Crippen LogP contribution in [0.1, 0.15) is 15.9 Å². The molecule has 2 N–H and O–H groups in total. The smallest absolute Gasteiger partial charge is 0.178 e. The zero-order valence-electron chi connectivity index (χ0n) is 6.67. The van der Waals surface area contributed by atoms with Gasteiger partial charge in [-0.25, -0.2) is 0 Å². The molecule has 1 rings (SSSR count). The fraction of sp³-hybridized carbons (Fsp3) is 0.250. The van der Waals surface area contributed by atoms with E-state index >= 15 is 0 Å². The minimum absolute atomic E-state index is 0.0232. The van der Waals surface area contributed by atoms with Crippen molar-refractivity contribution in [1.29, 1.82) is 0 Å². The normalized spacial score (nSPS) is 9.92. The van der Waals surface area contributed by atoms with E-state index < -0.39 is 0 Å². The van der Waals surface area contributed by atoms with Gasteiger partial charge < -0.3 is 5.73 Å². The van der Waals surface area contributed by atoms with Crippen LogP contribution in [0.5, 0.6) is 0 Å². The molecular weight excluding hydrogens is 176 g/mol. The van der Waals surface area contributed by atoms with E-state index in [-0.39, 0.29) is 12.3 Å². The Morgan fingerprint density at radius 3 is 2.83 bits per heavy atom. The summed E-state index contributed by atoms with van der Waals surface area (Å²) in [5.74, 6) is -0.153. The van der Waals surface area contributed by atoms with Gasteiger partial charge in [0.2, 0.25) is 0 Å². The minimum atomic E-state index is -0.153. The van der Waals surface area contributed by atoms with Crippen molar-refractivity contribution in [2.45, 2.75) is 6.92 Å². The van der Waals surface area contributed by atoms with E-state index in [4.69, 9.17) is 17.3 Å². The second kappa shape index (κ2) is 3.65. The Morgan fingerprint density at radius 1 is 1.67 bits per heavy atom. The lowest BCUT2D eigenvalue weighted by Crippen LogP contribution is -2.15. The third-order valence-corrected chi connectivity index (χ3v) is 1.84. The third-order valence-electron chi connectivity index (χ3n) is 1.55. The number of hydrogen-bond acceptors (Lipinski definition) is 3. The van der Waals surface area contributed by atoms with Crippen LogP contribution in [-0.4, -0.2) is 17.3 Å². The first kappa shape index (κ1) is 9.16. The summed E-state index contributed by atoms with van der Waals surface area (Å²) in [6, 6.07) is 0. The van der Waals surface area contributed by atoms with E-state index in [0.717, 1.165) is 5.56 Å². The summed E-state index contributed by atoms with van der Waals surface area (Å²) in [7, 11) is 0. The van der Waals surface area contributed by atoms with Crippen LogP contribution >= 0.6 is 11.6 Å². The van der Waals surface area contributed by atoms with Crippen molar-refractivity contribution in [3.8, 4) is 0 Å². The monoisotopic (exact) mass is 184 g/mol. The molecule has 0 aliphatic heterocycles. The SMILES string of the molecule is Cc1cncc(Cl)c1C(=O)CN. The zero-order valence-corrected chi connectivity index (χ0v) is 7.43. The number of ketones is 1. The third kappa shape index (κ3) is 1.62. The topological polar surface area (TPSA) is 56.0 Å². The van der Waals surface area contributed by atoms with Crippen LogP contribution in [0.25, 0.3) is 0 Å². The van der Waals surface area contributed by atoms with Crippen LogP contribution in [0, 0.1) is 6.92 Å². The van der Waals surface area contributed by atoms with Crippen molar-refractivity contribution in [3.05, 3.63) is 28.5 Å². The highest BCUT2D eigenvalue weighted by molar-refractivity contribution is 6.34. The van der Waals surface area contributed by atoms with Gasteiger partial charge in [-0.15, -0.1) is 0 Å². The maximum atomic E-state index is 11.2. The molecule has 12 heavy (non-hydrogen) atoms. The first-order valence-corrected chi connectivity index (χ1v) is 3.88. The number of carbonyl (C=O) groups is 1.